The Bertz CT molecular complexity index is 658. The molecular weight excluding hydrogens is 275 g/mol. The number of hydrogen-bond donors (Lipinski definition) is 0. The minimum absolute atomic E-state index is 0. The van der Waals surface area contributed by atoms with Gasteiger partial charge in [-0.05, 0) is 24.0 Å². The fourth-order valence-corrected chi connectivity index (χ4v) is 1.93. The van der Waals surface area contributed by atoms with E-state index >= 15 is 0 Å². The maximum absolute atomic E-state index is 4.30. The first-order chi connectivity index (χ1) is 7.27. The molecule has 0 atom stereocenters. The van der Waals surface area contributed by atoms with Crippen molar-refractivity contribution in [3.63, 3.8) is 0 Å². The molecule has 1 aromatic carbocycles. The molecule has 0 aliphatic heterocycles. The van der Waals surface area contributed by atoms with Gasteiger partial charge in [-0.15, -0.1) is 7.05 Å². The Balaban J connectivity index is 0.000000963. The van der Waals surface area contributed by atoms with Crippen LogP contribution >= 0.6 is 0 Å². The molecule has 0 aliphatic rings. The van der Waals surface area contributed by atoms with Gasteiger partial charge in [-0.3, -0.25) is 4.98 Å². The van der Waals surface area contributed by atoms with Crippen LogP contribution < -0.4 is 0 Å². The topological polar surface area (TPSA) is 30.7 Å². The van der Waals surface area contributed by atoms with Crippen molar-refractivity contribution in [2.24, 2.45) is 0 Å². The Kier molecular flexibility index (Phi) is 3.00. The van der Waals surface area contributed by atoms with Crippen LogP contribution in [0, 0.1) is 14.0 Å². The van der Waals surface area contributed by atoms with Gasteiger partial charge in [0.05, 0.1) is 0 Å². The first kappa shape index (κ1) is 11.6. The van der Waals surface area contributed by atoms with Gasteiger partial charge in [-0.25, -0.2) is 4.98 Å². The van der Waals surface area contributed by atoms with Crippen LogP contribution in [0.25, 0.3) is 21.9 Å². The molecule has 2 heterocycles. The zero-order valence-electron chi connectivity index (χ0n) is 9.01. The standard InChI is InChI=1S/C12H10N3.Y/c1-8-3-4-10-9(5-8)12-11(15(10)2)6-13-7-14-12;/h3-7H,2H2,1H3;/q-1;. The van der Waals surface area contributed by atoms with Gasteiger partial charge < -0.3 is 4.57 Å². The summed E-state index contributed by atoms with van der Waals surface area (Å²) in [5, 5.41) is 1.14. The predicted molar refractivity (Wildman–Crippen MR) is 60.5 cm³/mol. The maximum atomic E-state index is 4.30. The molecule has 0 unspecified atom stereocenters. The van der Waals surface area contributed by atoms with Crippen LogP contribution in [0.3, 0.4) is 0 Å². The molecule has 0 amide bonds. The number of hydrogen-bond acceptors (Lipinski definition) is 2. The molecule has 0 saturated carbocycles. The van der Waals surface area contributed by atoms with E-state index in [1.54, 1.807) is 12.5 Å². The SMILES string of the molecule is [CH2-]n1c2ccc(C)cc2c2ncncc21.[Y]. The van der Waals surface area contributed by atoms with E-state index in [1.807, 2.05) is 4.57 Å². The Morgan fingerprint density at radius 1 is 1.25 bits per heavy atom. The van der Waals surface area contributed by atoms with Gasteiger partial charge in [0.1, 0.15) is 6.33 Å². The van der Waals surface area contributed by atoms with Gasteiger partial charge in [0.25, 0.3) is 0 Å². The molecule has 3 rings (SSSR count). The minimum Gasteiger partial charge on any atom is -0.478 e. The van der Waals surface area contributed by atoms with E-state index in [1.165, 1.54) is 5.56 Å². The summed E-state index contributed by atoms with van der Waals surface area (Å²) in [6.45, 7) is 2.08. The van der Waals surface area contributed by atoms with Crippen LogP contribution in [0.4, 0.5) is 0 Å². The van der Waals surface area contributed by atoms with Gasteiger partial charge in [-0.1, -0.05) is 29.3 Å². The van der Waals surface area contributed by atoms with Crippen molar-refractivity contribution in [1.29, 1.82) is 0 Å². The Labute approximate surface area is 119 Å². The first-order valence-corrected chi connectivity index (χ1v) is 4.79. The molecule has 4 heteroatoms. The molecule has 0 aliphatic carbocycles. The van der Waals surface area contributed by atoms with E-state index < -0.39 is 0 Å². The smallest absolute Gasteiger partial charge is 0.113 e. The van der Waals surface area contributed by atoms with Crippen molar-refractivity contribution in [2.75, 3.05) is 0 Å². The molecule has 16 heavy (non-hydrogen) atoms. The molecule has 0 fully saturated rings. The third kappa shape index (κ3) is 1.55. The summed E-state index contributed by atoms with van der Waals surface area (Å²) in [4.78, 5) is 8.32. The van der Waals surface area contributed by atoms with Crippen molar-refractivity contribution in [1.82, 2.24) is 14.5 Å². The second-order valence-corrected chi connectivity index (χ2v) is 3.71. The van der Waals surface area contributed by atoms with Crippen molar-refractivity contribution < 1.29 is 32.7 Å². The van der Waals surface area contributed by atoms with Crippen molar-refractivity contribution in [3.05, 3.63) is 43.3 Å². The largest absolute Gasteiger partial charge is 0.478 e. The van der Waals surface area contributed by atoms with E-state index in [0.717, 1.165) is 21.9 Å². The number of benzene rings is 1. The quantitative estimate of drug-likeness (QED) is 0.594. The van der Waals surface area contributed by atoms with E-state index in [4.69, 9.17) is 0 Å². The number of rotatable bonds is 0. The number of fused-ring (bicyclic) bond motifs is 3. The monoisotopic (exact) mass is 285 g/mol. The van der Waals surface area contributed by atoms with E-state index in [0.29, 0.717) is 0 Å². The van der Waals surface area contributed by atoms with Crippen LogP contribution in [-0.2, 0) is 32.7 Å². The Hall–Kier alpha value is -0.926. The molecule has 77 valence electrons. The van der Waals surface area contributed by atoms with Gasteiger partial charge in [-0.2, -0.15) is 0 Å². The minimum atomic E-state index is 0. The van der Waals surface area contributed by atoms with E-state index in [2.05, 4.69) is 42.1 Å². The molecule has 3 aromatic rings. The fourth-order valence-electron chi connectivity index (χ4n) is 1.93. The Morgan fingerprint density at radius 3 is 2.88 bits per heavy atom. The van der Waals surface area contributed by atoms with E-state index in [9.17, 15) is 0 Å². The molecule has 3 nitrogen and oxygen atoms in total. The second-order valence-electron chi connectivity index (χ2n) is 3.71. The van der Waals surface area contributed by atoms with Crippen LogP contribution in [0.2, 0.25) is 0 Å². The van der Waals surface area contributed by atoms with Gasteiger partial charge >= 0.3 is 0 Å². The van der Waals surface area contributed by atoms with Gasteiger partial charge in [0.2, 0.25) is 0 Å². The summed E-state index contributed by atoms with van der Waals surface area (Å²) >= 11 is 0. The summed E-state index contributed by atoms with van der Waals surface area (Å²) in [5.41, 5.74) is 4.27. The number of aryl methyl sites for hydroxylation is 1. The zero-order chi connectivity index (χ0) is 10.4. The molecule has 0 N–H and O–H groups in total. The van der Waals surface area contributed by atoms with Crippen LogP contribution in [0.1, 0.15) is 5.56 Å². The second kappa shape index (κ2) is 4.15. The molecule has 1 radical (unpaired) electrons. The van der Waals surface area contributed by atoms with Crippen molar-refractivity contribution in [2.45, 2.75) is 6.92 Å². The summed E-state index contributed by atoms with van der Waals surface area (Å²) in [6, 6.07) is 6.28. The summed E-state index contributed by atoms with van der Waals surface area (Å²) < 4.78 is 1.88. The van der Waals surface area contributed by atoms with Gasteiger partial charge in [0.15, 0.2) is 0 Å². The molecule has 2 aromatic heterocycles. The summed E-state index contributed by atoms with van der Waals surface area (Å²) in [7, 11) is 4.00. The van der Waals surface area contributed by atoms with Crippen LogP contribution in [0.5, 0.6) is 0 Å². The average Bonchev–Trinajstić information content (AvgIpc) is 2.54. The predicted octanol–water partition coefficient (Wildman–Crippen LogP) is 2.53. The molecule has 0 saturated heterocycles. The number of nitrogens with zero attached hydrogens (tertiary/aromatic N) is 3. The Morgan fingerprint density at radius 2 is 2.06 bits per heavy atom. The molecular formula is C12H10N3Y-. The normalized spacial score (nSPS) is 10.6. The maximum Gasteiger partial charge on any atom is 0.113 e. The van der Waals surface area contributed by atoms with E-state index in [-0.39, 0.29) is 32.7 Å². The van der Waals surface area contributed by atoms with Crippen LogP contribution in [0.15, 0.2) is 30.7 Å². The molecule has 0 bridgehead atoms. The third-order valence-electron chi connectivity index (χ3n) is 2.68. The summed E-state index contributed by atoms with van der Waals surface area (Å²) in [5.74, 6) is 0. The van der Waals surface area contributed by atoms with Crippen molar-refractivity contribution in [3.8, 4) is 0 Å². The molecule has 0 spiro atoms. The van der Waals surface area contributed by atoms with Gasteiger partial charge in [0, 0.05) is 38.2 Å². The zero-order valence-corrected chi connectivity index (χ0v) is 11.9. The average molecular weight is 285 g/mol. The summed E-state index contributed by atoms with van der Waals surface area (Å²) in [6.07, 6.45) is 3.37. The first-order valence-electron chi connectivity index (χ1n) is 4.79. The van der Waals surface area contributed by atoms with Crippen LogP contribution in [-0.4, -0.2) is 14.5 Å². The fraction of sp³-hybridized carbons (Fsp3) is 0.0833. The van der Waals surface area contributed by atoms with Crippen molar-refractivity contribution >= 4 is 21.9 Å². The third-order valence-corrected chi connectivity index (χ3v) is 2.68. The number of aromatic nitrogens is 3.